The van der Waals surface area contributed by atoms with Crippen LogP contribution in [0.15, 0.2) is 21.3 Å². The summed E-state index contributed by atoms with van der Waals surface area (Å²) in [5.41, 5.74) is 0.751. The highest BCUT2D eigenvalue weighted by Gasteiger charge is 2.24. The standard InChI is InChI=1S/C12H14N2O4/c1-4-16-12(15)7(2)11-13-10(14-18-11)9-5-6-17-8(9)3/h5-7H,4H2,1-3H3. The number of ether oxygens (including phenoxy) is 1. The number of aryl methyl sites for hydroxylation is 1. The van der Waals surface area contributed by atoms with Crippen molar-refractivity contribution in [2.45, 2.75) is 26.7 Å². The molecule has 0 aliphatic rings. The molecule has 2 rings (SSSR count). The number of aromatic nitrogens is 2. The van der Waals surface area contributed by atoms with Crippen LogP contribution in [-0.2, 0) is 9.53 Å². The van der Waals surface area contributed by atoms with E-state index in [1.807, 2.05) is 0 Å². The fourth-order valence-electron chi connectivity index (χ4n) is 1.51. The molecule has 0 aromatic carbocycles. The molecule has 18 heavy (non-hydrogen) atoms. The first-order valence-electron chi connectivity index (χ1n) is 5.68. The van der Waals surface area contributed by atoms with Crippen molar-refractivity contribution in [3.63, 3.8) is 0 Å². The minimum absolute atomic E-state index is 0.240. The summed E-state index contributed by atoms with van der Waals surface area (Å²) < 4.78 is 15.1. The fourth-order valence-corrected chi connectivity index (χ4v) is 1.51. The Hall–Kier alpha value is -2.11. The molecule has 0 bridgehead atoms. The van der Waals surface area contributed by atoms with Gasteiger partial charge in [0.2, 0.25) is 11.7 Å². The van der Waals surface area contributed by atoms with Gasteiger partial charge >= 0.3 is 5.97 Å². The molecule has 0 fully saturated rings. The molecular weight excluding hydrogens is 236 g/mol. The van der Waals surface area contributed by atoms with Crippen molar-refractivity contribution in [2.75, 3.05) is 6.61 Å². The molecule has 0 spiro atoms. The van der Waals surface area contributed by atoms with Gasteiger partial charge < -0.3 is 13.7 Å². The number of carbonyl (C=O) groups is 1. The van der Waals surface area contributed by atoms with Gasteiger partial charge in [0.1, 0.15) is 11.7 Å². The molecule has 0 amide bonds. The Balaban J connectivity index is 2.21. The van der Waals surface area contributed by atoms with Gasteiger partial charge in [0.25, 0.3) is 0 Å². The van der Waals surface area contributed by atoms with Gasteiger partial charge in [0.15, 0.2) is 0 Å². The Kier molecular flexibility index (Phi) is 3.45. The van der Waals surface area contributed by atoms with Crippen molar-refractivity contribution in [3.8, 4) is 11.4 Å². The van der Waals surface area contributed by atoms with Gasteiger partial charge in [-0.15, -0.1) is 0 Å². The smallest absolute Gasteiger partial charge is 0.318 e. The zero-order valence-corrected chi connectivity index (χ0v) is 10.5. The van der Waals surface area contributed by atoms with Crippen molar-refractivity contribution in [3.05, 3.63) is 24.0 Å². The van der Waals surface area contributed by atoms with E-state index >= 15 is 0 Å². The topological polar surface area (TPSA) is 78.4 Å². The van der Waals surface area contributed by atoms with E-state index in [0.29, 0.717) is 18.2 Å². The number of furan rings is 1. The molecule has 2 aromatic heterocycles. The van der Waals surface area contributed by atoms with Crippen LogP contribution < -0.4 is 0 Å². The first-order valence-corrected chi connectivity index (χ1v) is 5.68. The Morgan fingerprint density at radius 1 is 1.56 bits per heavy atom. The summed E-state index contributed by atoms with van der Waals surface area (Å²) in [5.74, 6) is 0.401. The molecule has 1 atom stereocenters. The first kappa shape index (κ1) is 12.3. The van der Waals surface area contributed by atoms with E-state index in [1.54, 1.807) is 33.1 Å². The van der Waals surface area contributed by atoms with E-state index < -0.39 is 5.92 Å². The largest absolute Gasteiger partial charge is 0.469 e. The summed E-state index contributed by atoms with van der Waals surface area (Å²) >= 11 is 0. The third-order valence-corrected chi connectivity index (χ3v) is 2.55. The second kappa shape index (κ2) is 5.03. The highest BCUT2D eigenvalue weighted by molar-refractivity contribution is 5.76. The van der Waals surface area contributed by atoms with E-state index in [-0.39, 0.29) is 11.9 Å². The second-order valence-corrected chi connectivity index (χ2v) is 3.82. The minimum atomic E-state index is -0.571. The Bertz CT molecular complexity index is 544. The maximum atomic E-state index is 11.5. The summed E-state index contributed by atoms with van der Waals surface area (Å²) in [5, 5.41) is 3.83. The molecule has 96 valence electrons. The molecule has 6 nitrogen and oxygen atoms in total. The summed E-state index contributed by atoms with van der Waals surface area (Å²) in [6.07, 6.45) is 1.55. The van der Waals surface area contributed by atoms with Gasteiger partial charge in [-0.05, 0) is 26.8 Å². The maximum absolute atomic E-state index is 11.5. The lowest BCUT2D eigenvalue weighted by molar-refractivity contribution is -0.145. The van der Waals surface area contributed by atoms with Gasteiger partial charge in [0, 0.05) is 0 Å². The predicted octanol–water partition coefficient (Wildman–Crippen LogP) is 2.30. The molecule has 6 heteroatoms. The van der Waals surface area contributed by atoms with Crippen LogP contribution in [-0.4, -0.2) is 22.7 Å². The third-order valence-electron chi connectivity index (χ3n) is 2.55. The highest BCUT2D eigenvalue weighted by atomic mass is 16.5. The van der Waals surface area contributed by atoms with E-state index in [1.165, 1.54) is 0 Å². The third kappa shape index (κ3) is 2.27. The molecule has 0 saturated carbocycles. The molecular formula is C12H14N2O4. The number of rotatable bonds is 4. The monoisotopic (exact) mass is 250 g/mol. The van der Waals surface area contributed by atoms with Crippen molar-refractivity contribution < 1.29 is 18.5 Å². The minimum Gasteiger partial charge on any atom is -0.469 e. The lowest BCUT2D eigenvalue weighted by Crippen LogP contribution is -2.13. The van der Waals surface area contributed by atoms with Crippen LogP contribution in [0.5, 0.6) is 0 Å². The summed E-state index contributed by atoms with van der Waals surface area (Å²) in [6, 6.07) is 1.75. The van der Waals surface area contributed by atoms with Crippen LogP contribution in [0.3, 0.4) is 0 Å². The van der Waals surface area contributed by atoms with E-state index in [2.05, 4.69) is 10.1 Å². The summed E-state index contributed by atoms with van der Waals surface area (Å²) in [6.45, 7) is 5.54. The zero-order valence-electron chi connectivity index (χ0n) is 10.5. The average molecular weight is 250 g/mol. The highest BCUT2D eigenvalue weighted by Crippen LogP contribution is 2.23. The molecule has 0 N–H and O–H groups in total. The first-order chi connectivity index (χ1) is 8.63. The van der Waals surface area contributed by atoms with Crippen LogP contribution in [0.25, 0.3) is 11.4 Å². The van der Waals surface area contributed by atoms with Crippen LogP contribution >= 0.6 is 0 Å². The summed E-state index contributed by atoms with van der Waals surface area (Å²) in [4.78, 5) is 15.7. The number of hydrogen-bond donors (Lipinski definition) is 0. The Morgan fingerprint density at radius 2 is 2.33 bits per heavy atom. The molecule has 1 unspecified atom stereocenters. The SMILES string of the molecule is CCOC(=O)C(C)c1nc(-c2ccoc2C)no1. The van der Waals surface area contributed by atoms with E-state index in [0.717, 1.165) is 5.56 Å². The van der Waals surface area contributed by atoms with E-state index in [9.17, 15) is 4.79 Å². The van der Waals surface area contributed by atoms with Crippen LogP contribution in [0.4, 0.5) is 0 Å². The van der Waals surface area contributed by atoms with Gasteiger partial charge in [-0.3, -0.25) is 4.79 Å². The second-order valence-electron chi connectivity index (χ2n) is 3.82. The van der Waals surface area contributed by atoms with E-state index in [4.69, 9.17) is 13.7 Å². The molecule has 0 aliphatic carbocycles. The van der Waals surface area contributed by atoms with Gasteiger partial charge in [-0.1, -0.05) is 5.16 Å². The maximum Gasteiger partial charge on any atom is 0.318 e. The lowest BCUT2D eigenvalue weighted by Gasteiger charge is -2.04. The van der Waals surface area contributed by atoms with Crippen molar-refractivity contribution >= 4 is 5.97 Å². The summed E-state index contributed by atoms with van der Waals surface area (Å²) in [7, 11) is 0. The molecule has 2 aromatic rings. The van der Waals surface area contributed by atoms with Gasteiger partial charge in [0.05, 0.1) is 18.4 Å². The Labute approximate surface area is 104 Å². The normalized spacial score (nSPS) is 12.4. The zero-order chi connectivity index (χ0) is 13.1. The van der Waals surface area contributed by atoms with Gasteiger partial charge in [-0.25, -0.2) is 0 Å². The van der Waals surface area contributed by atoms with Gasteiger partial charge in [-0.2, -0.15) is 4.98 Å². The van der Waals surface area contributed by atoms with Crippen molar-refractivity contribution in [1.82, 2.24) is 10.1 Å². The van der Waals surface area contributed by atoms with Crippen molar-refractivity contribution in [1.29, 1.82) is 0 Å². The van der Waals surface area contributed by atoms with Crippen molar-refractivity contribution in [2.24, 2.45) is 0 Å². The van der Waals surface area contributed by atoms with Crippen LogP contribution in [0, 0.1) is 6.92 Å². The molecule has 2 heterocycles. The molecule has 0 saturated heterocycles. The molecule has 0 radical (unpaired) electrons. The predicted molar refractivity (Wildman–Crippen MR) is 61.8 cm³/mol. The average Bonchev–Trinajstić information content (AvgIpc) is 2.96. The Morgan fingerprint density at radius 3 is 2.94 bits per heavy atom. The fraction of sp³-hybridized carbons (Fsp3) is 0.417. The number of carbonyl (C=O) groups excluding carboxylic acids is 1. The quantitative estimate of drug-likeness (QED) is 0.775. The number of nitrogens with zero attached hydrogens (tertiary/aromatic N) is 2. The molecule has 0 aliphatic heterocycles. The van der Waals surface area contributed by atoms with Crippen LogP contribution in [0.1, 0.15) is 31.4 Å². The number of esters is 1. The number of hydrogen-bond acceptors (Lipinski definition) is 6. The lowest BCUT2D eigenvalue weighted by atomic mass is 10.2. The van der Waals surface area contributed by atoms with Crippen LogP contribution in [0.2, 0.25) is 0 Å².